The van der Waals surface area contributed by atoms with Gasteiger partial charge in [0.2, 0.25) is 5.91 Å². The highest BCUT2D eigenvalue weighted by molar-refractivity contribution is 8.00. The minimum atomic E-state index is -0.417. The molecular weight excluding hydrogens is 344 g/mol. The van der Waals surface area contributed by atoms with Crippen LogP contribution in [-0.4, -0.2) is 33.2 Å². The van der Waals surface area contributed by atoms with Crippen LogP contribution in [0.4, 0.5) is 4.79 Å². The van der Waals surface area contributed by atoms with E-state index in [1.165, 1.54) is 35.8 Å². The average molecular weight is 364 g/mol. The SMILES string of the molecule is C[C@@H](Sc1ncnc2sccc12)C(=O)NC(=O)NC1CCCCC1. The molecular formula is C16H20N4O2S2. The van der Waals surface area contributed by atoms with Crippen molar-refractivity contribution in [1.29, 1.82) is 0 Å². The third-order valence-electron chi connectivity index (χ3n) is 4.06. The van der Waals surface area contributed by atoms with Crippen molar-refractivity contribution in [2.24, 2.45) is 0 Å². The lowest BCUT2D eigenvalue weighted by atomic mass is 9.96. The average Bonchev–Trinajstić information content (AvgIpc) is 3.05. The molecule has 0 unspecified atom stereocenters. The summed E-state index contributed by atoms with van der Waals surface area (Å²) in [7, 11) is 0. The molecule has 0 aromatic carbocycles. The summed E-state index contributed by atoms with van der Waals surface area (Å²) in [5, 5.41) is 8.57. The third kappa shape index (κ3) is 4.24. The van der Waals surface area contributed by atoms with E-state index in [2.05, 4.69) is 20.6 Å². The second-order valence-electron chi connectivity index (χ2n) is 5.88. The standard InChI is InChI=1S/C16H20N4O2S2/c1-10(24-15-12-7-8-23-14(12)17-9-18-15)13(21)20-16(22)19-11-5-3-2-4-6-11/h7-11H,2-6H2,1H3,(H2,19,20,21,22)/t10-/m1/s1. The zero-order valence-electron chi connectivity index (χ0n) is 13.4. The number of carbonyl (C=O) groups is 2. The molecule has 0 radical (unpaired) electrons. The highest BCUT2D eigenvalue weighted by Crippen LogP contribution is 2.30. The fraction of sp³-hybridized carbons (Fsp3) is 0.500. The maximum absolute atomic E-state index is 12.2. The molecule has 0 spiro atoms. The molecule has 3 amide bonds. The predicted molar refractivity (Wildman–Crippen MR) is 96.3 cm³/mol. The molecule has 2 aromatic rings. The van der Waals surface area contributed by atoms with Crippen LogP contribution in [0.25, 0.3) is 10.2 Å². The lowest BCUT2D eigenvalue weighted by Gasteiger charge is -2.23. The smallest absolute Gasteiger partial charge is 0.321 e. The molecule has 1 fully saturated rings. The minimum absolute atomic E-state index is 0.182. The summed E-state index contributed by atoms with van der Waals surface area (Å²) in [6.45, 7) is 1.77. The number of fused-ring (bicyclic) bond motifs is 1. The Morgan fingerprint density at radius 3 is 2.88 bits per heavy atom. The van der Waals surface area contributed by atoms with Gasteiger partial charge in [0.25, 0.3) is 0 Å². The van der Waals surface area contributed by atoms with Gasteiger partial charge in [-0.1, -0.05) is 31.0 Å². The molecule has 0 saturated heterocycles. The lowest BCUT2D eigenvalue weighted by molar-refractivity contribution is -0.119. The normalized spacial score (nSPS) is 16.7. The van der Waals surface area contributed by atoms with E-state index in [4.69, 9.17) is 0 Å². The van der Waals surface area contributed by atoms with Crippen molar-refractivity contribution >= 4 is 45.3 Å². The summed E-state index contributed by atoms with van der Waals surface area (Å²) in [5.41, 5.74) is 0. The highest BCUT2D eigenvalue weighted by Gasteiger charge is 2.21. The van der Waals surface area contributed by atoms with Crippen LogP contribution in [0.1, 0.15) is 39.0 Å². The van der Waals surface area contributed by atoms with Gasteiger partial charge < -0.3 is 5.32 Å². The van der Waals surface area contributed by atoms with E-state index >= 15 is 0 Å². The first kappa shape index (κ1) is 17.2. The van der Waals surface area contributed by atoms with Gasteiger partial charge in [-0.3, -0.25) is 10.1 Å². The van der Waals surface area contributed by atoms with E-state index in [0.717, 1.165) is 40.9 Å². The number of thiophene rings is 1. The van der Waals surface area contributed by atoms with Gasteiger partial charge >= 0.3 is 6.03 Å². The maximum Gasteiger partial charge on any atom is 0.321 e. The molecule has 1 aliphatic carbocycles. The van der Waals surface area contributed by atoms with Crippen LogP contribution in [0, 0.1) is 0 Å². The Morgan fingerprint density at radius 1 is 1.29 bits per heavy atom. The number of amides is 3. The largest absolute Gasteiger partial charge is 0.335 e. The van der Waals surface area contributed by atoms with Crippen LogP contribution >= 0.6 is 23.1 Å². The van der Waals surface area contributed by atoms with Crippen molar-refractivity contribution in [3.05, 3.63) is 17.8 Å². The molecule has 128 valence electrons. The van der Waals surface area contributed by atoms with E-state index in [0.29, 0.717) is 0 Å². The Hall–Kier alpha value is -1.67. The van der Waals surface area contributed by atoms with Crippen LogP contribution in [-0.2, 0) is 4.79 Å². The van der Waals surface area contributed by atoms with E-state index in [1.807, 2.05) is 11.4 Å². The fourth-order valence-electron chi connectivity index (χ4n) is 2.76. The molecule has 1 atom stereocenters. The van der Waals surface area contributed by atoms with Gasteiger partial charge in [-0.2, -0.15) is 0 Å². The van der Waals surface area contributed by atoms with E-state index < -0.39 is 11.3 Å². The molecule has 0 aliphatic heterocycles. The molecule has 1 saturated carbocycles. The Bertz CT molecular complexity index is 728. The quantitative estimate of drug-likeness (QED) is 0.642. The number of carbonyl (C=O) groups excluding carboxylic acids is 2. The van der Waals surface area contributed by atoms with Crippen LogP contribution < -0.4 is 10.6 Å². The van der Waals surface area contributed by atoms with Crippen LogP contribution in [0.5, 0.6) is 0 Å². The molecule has 1 aliphatic rings. The summed E-state index contributed by atoms with van der Waals surface area (Å²) in [4.78, 5) is 33.6. The minimum Gasteiger partial charge on any atom is -0.335 e. The van der Waals surface area contributed by atoms with Gasteiger partial charge in [-0.25, -0.2) is 14.8 Å². The van der Waals surface area contributed by atoms with E-state index in [1.54, 1.807) is 6.92 Å². The Kier molecular flexibility index (Phi) is 5.68. The number of urea groups is 1. The van der Waals surface area contributed by atoms with Gasteiger partial charge in [0.15, 0.2) is 0 Å². The van der Waals surface area contributed by atoms with Gasteiger partial charge in [-0.15, -0.1) is 11.3 Å². The van der Waals surface area contributed by atoms with Gasteiger partial charge in [0.1, 0.15) is 16.2 Å². The summed E-state index contributed by atoms with van der Waals surface area (Å²) in [5.74, 6) is -0.310. The topological polar surface area (TPSA) is 84.0 Å². The van der Waals surface area contributed by atoms with Crippen molar-refractivity contribution in [3.63, 3.8) is 0 Å². The number of hydrogen-bond acceptors (Lipinski definition) is 6. The van der Waals surface area contributed by atoms with Crippen molar-refractivity contribution in [2.45, 2.75) is 55.3 Å². The van der Waals surface area contributed by atoms with Gasteiger partial charge in [0.05, 0.1) is 5.25 Å². The predicted octanol–water partition coefficient (Wildman–Crippen LogP) is 3.33. The second kappa shape index (κ2) is 7.94. The third-order valence-corrected chi connectivity index (χ3v) is 6.00. The highest BCUT2D eigenvalue weighted by atomic mass is 32.2. The molecule has 3 rings (SSSR count). The summed E-state index contributed by atoms with van der Waals surface area (Å²) < 4.78 is 0. The number of hydrogen-bond donors (Lipinski definition) is 2. The van der Waals surface area contributed by atoms with E-state index in [-0.39, 0.29) is 11.9 Å². The fourth-order valence-corrected chi connectivity index (χ4v) is 4.46. The Balaban J connectivity index is 1.54. The molecule has 2 N–H and O–H groups in total. The van der Waals surface area contributed by atoms with Gasteiger partial charge in [0, 0.05) is 11.4 Å². The molecule has 2 heterocycles. The molecule has 2 aromatic heterocycles. The molecule has 6 nitrogen and oxygen atoms in total. The van der Waals surface area contributed by atoms with Crippen LogP contribution in [0.2, 0.25) is 0 Å². The monoisotopic (exact) mass is 364 g/mol. The first-order valence-electron chi connectivity index (χ1n) is 8.09. The molecule has 8 heteroatoms. The van der Waals surface area contributed by atoms with Crippen LogP contribution in [0.15, 0.2) is 22.8 Å². The lowest BCUT2D eigenvalue weighted by Crippen LogP contribution is -2.47. The maximum atomic E-state index is 12.2. The van der Waals surface area contributed by atoms with Gasteiger partial charge in [-0.05, 0) is 31.2 Å². The Morgan fingerprint density at radius 2 is 2.08 bits per heavy atom. The summed E-state index contributed by atoms with van der Waals surface area (Å²) in [6.07, 6.45) is 6.97. The Labute approximate surface area is 148 Å². The number of nitrogens with zero attached hydrogens (tertiary/aromatic N) is 2. The van der Waals surface area contributed by atoms with Crippen molar-refractivity contribution in [2.75, 3.05) is 0 Å². The number of aromatic nitrogens is 2. The van der Waals surface area contributed by atoms with E-state index in [9.17, 15) is 9.59 Å². The summed E-state index contributed by atoms with van der Waals surface area (Å²) >= 11 is 2.88. The molecule has 0 bridgehead atoms. The number of imide groups is 1. The number of nitrogens with one attached hydrogen (secondary N) is 2. The zero-order chi connectivity index (χ0) is 16.9. The number of rotatable bonds is 4. The van der Waals surface area contributed by atoms with Crippen molar-refractivity contribution in [3.8, 4) is 0 Å². The number of thioether (sulfide) groups is 1. The van der Waals surface area contributed by atoms with Crippen LogP contribution in [0.3, 0.4) is 0 Å². The molecule has 24 heavy (non-hydrogen) atoms. The summed E-state index contributed by atoms with van der Waals surface area (Å²) in [6, 6.07) is 1.73. The van der Waals surface area contributed by atoms with Crippen molar-refractivity contribution in [1.82, 2.24) is 20.6 Å². The first-order chi connectivity index (χ1) is 11.6. The second-order valence-corrected chi connectivity index (χ2v) is 8.10. The first-order valence-corrected chi connectivity index (χ1v) is 9.85. The van der Waals surface area contributed by atoms with Crippen molar-refractivity contribution < 1.29 is 9.59 Å². The zero-order valence-corrected chi connectivity index (χ0v) is 15.1.